The number of anilines is 1. The first kappa shape index (κ1) is 24.2. The predicted molar refractivity (Wildman–Crippen MR) is 139 cm³/mol. The van der Waals surface area contributed by atoms with Gasteiger partial charge in [0.2, 0.25) is 11.8 Å². The molecule has 188 valence electrons. The number of benzene rings is 3. The van der Waals surface area contributed by atoms with Crippen LogP contribution in [0.25, 0.3) is 22.6 Å². The summed E-state index contributed by atoms with van der Waals surface area (Å²) in [7, 11) is 1.53. The summed E-state index contributed by atoms with van der Waals surface area (Å²) in [5, 5.41) is 0. The average molecular weight is 498 g/mol. The van der Waals surface area contributed by atoms with E-state index < -0.39 is 11.9 Å². The van der Waals surface area contributed by atoms with Crippen LogP contribution in [0.4, 0.5) is 5.69 Å². The van der Waals surface area contributed by atoms with Crippen molar-refractivity contribution in [2.45, 2.75) is 38.8 Å². The van der Waals surface area contributed by atoms with Crippen molar-refractivity contribution in [3.63, 3.8) is 0 Å². The van der Waals surface area contributed by atoms with E-state index in [2.05, 4.69) is 4.98 Å². The van der Waals surface area contributed by atoms with E-state index in [-0.39, 0.29) is 24.3 Å². The zero-order chi connectivity index (χ0) is 26.1. The van der Waals surface area contributed by atoms with Crippen molar-refractivity contribution < 1.29 is 23.5 Å². The van der Waals surface area contributed by atoms with Gasteiger partial charge in [0, 0.05) is 17.2 Å². The van der Waals surface area contributed by atoms with E-state index in [1.165, 1.54) is 12.0 Å². The third-order valence-electron chi connectivity index (χ3n) is 6.74. The lowest BCUT2D eigenvalue weighted by Gasteiger charge is -2.33. The Balaban J connectivity index is 1.41. The van der Waals surface area contributed by atoms with Crippen LogP contribution in [0.3, 0.4) is 0 Å². The molecule has 8 nitrogen and oxygen atoms in total. The lowest BCUT2D eigenvalue weighted by molar-refractivity contribution is -0.122. The van der Waals surface area contributed by atoms with Gasteiger partial charge in [-0.15, -0.1) is 0 Å². The summed E-state index contributed by atoms with van der Waals surface area (Å²) >= 11 is 0. The molecule has 0 N–H and O–H groups in total. The van der Waals surface area contributed by atoms with Gasteiger partial charge in [-0.25, -0.2) is 9.88 Å². The second kappa shape index (κ2) is 9.89. The van der Waals surface area contributed by atoms with Crippen molar-refractivity contribution in [2.24, 2.45) is 0 Å². The molecule has 3 aromatic carbocycles. The second-order valence-corrected chi connectivity index (χ2v) is 9.02. The van der Waals surface area contributed by atoms with Crippen LogP contribution in [0.1, 0.15) is 37.0 Å². The summed E-state index contributed by atoms with van der Waals surface area (Å²) in [6.45, 7) is 3.83. The summed E-state index contributed by atoms with van der Waals surface area (Å²) in [6.07, 6.45) is 0.554. The molecule has 4 aromatic rings. The highest BCUT2D eigenvalue weighted by Gasteiger charge is 2.45. The molecule has 1 aliphatic rings. The Morgan fingerprint density at radius 2 is 1.86 bits per heavy atom. The van der Waals surface area contributed by atoms with Crippen molar-refractivity contribution in [3.8, 4) is 17.2 Å². The van der Waals surface area contributed by atoms with Gasteiger partial charge in [-0.05, 0) is 67.9 Å². The molecule has 1 saturated heterocycles. The van der Waals surface area contributed by atoms with Crippen LogP contribution in [0.5, 0.6) is 5.75 Å². The van der Waals surface area contributed by atoms with Crippen molar-refractivity contribution in [3.05, 3.63) is 78.4 Å². The number of hydrogen-bond donors (Lipinski definition) is 0. The van der Waals surface area contributed by atoms with Crippen molar-refractivity contribution in [2.75, 3.05) is 12.0 Å². The van der Waals surface area contributed by atoms with Crippen LogP contribution < -0.4 is 9.64 Å². The van der Waals surface area contributed by atoms with Crippen LogP contribution in [-0.4, -0.2) is 46.8 Å². The maximum atomic E-state index is 13.6. The maximum Gasteiger partial charge on any atom is 0.257 e. The van der Waals surface area contributed by atoms with Gasteiger partial charge in [0.05, 0.1) is 19.2 Å². The maximum absolute atomic E-state index is 13.6. The van der Waals surface area contributed by atoms with Crippen LogP contribution >= 0.6 is 0 Å². The normalized spacial score (nSPS) is 16.3. The second-order valence-electron chi connectivity index (χ2n) is 9.02. The minimum atomic E-state index is -0.891. The van der Waals surface area contributed by atoms with E-state index in [0.717, 1.165) is 16.0 Å². The molecular formula is C29H27N3O5. The third kappa shape index (κ3) is 4.46. The van der Waals surface area contributed by atoms with E-state index in [0.29, 0.717) is 34.9 Å². The lowest BCUT2D eigenvalue weighted by Crippen LogP contribution is -2.49. The van der Waals surface area contributed by atoms with Gasteiger partial charge in [-0.1, -0.05) is 25.1 Å². The highest BCUT2D eigenvalue weighted by atomic mass is 16.5. The van der Waals surface area contributed by atoms with Gasteiger partial charge < -0.3 is 14.1 Å². The van der Waals surface area contributed by atoms with Gasteiger partial charge >= 0.3 is 0 Å². The van der Waals surface area contributed by atoms with E-state index >= 15 is 0 Å². The molecule has 8 heteroatoms. The fraction of sp³-hybridized carbons (Fsp3) is 0.241. The van der Waals surface area contributed by atoms with Crippen molar-refractivity contribution in [1.82, 2.24) is 9.88 Å². The van der Waals surface area contributed by atoms with Crippen LogP contribution in [0.15, 0.2) is 77.2 Å². The molecule has 0 aliphatic carbocycles. The minimum absolute atomic E-state index is 0.0776. The van der Waals surface area contributed by atoms with Crippen molar-refractivity contribution >= 4 is 34.5 Å². The first-order valence-corrected chi connectivity index (χ1v) is 12.2. The summed E-state index contributed by atoms with van der Waals surface area (Å²) in [6, 6.07) is 20.1. The third-order valence-corrected chi connectivity index (χ3v) is 6.74. The molecule has 1 aliphatic heterocycles. The van der Waals surface area contributed by atoms with Gasteiger partial charge in [0.25, 0.3) is 11.8 Å². The number of ether oxygens (including phenoxy) is 1. The van der Waals surface area contributed by atoms with E-state index in [4.69, 9.17) is 9.15 Å². The Bertz CT molecular complexity index is 1440. The number of amides is 3. The summed E-state index contributed by atoms with van der Waals surface area (Å²) in [5.41, 5.74) is 3.00. The SMILES string of the molecule is CCC(C)N(C(=O)c1cccc(OC)c1)C1CC(=O)N(c2ccc(-c3nc4ccccc4o3)cc2)C1=O. The monoisotopic (exact) mass is 497 g/mol. The zero-order valence-corrected chi connectivity index (χ0v) is 20.9. The number of rotatable bonds is 7. The van der Waals surface area contributed by atoms with E-state index in [9.17, 15) is 14.4 Å². The molecule has 2 unspecified atom stereocenters. The molecule has 1 aromatic heterocycles. The van der Waals surface area contributed by atoms with Crippen LogP contribution in [-0.2, 0) is 9.59 Å². The number of oxazole rings is 1. The number of nitrogens with zero attached hydrogens (tertiary/aromatic N) is 3. The zero-order valence-electron chi connectivity index (χ0n) is 20.9. The number of methoxy groups -OCH3 is 1. The Morgan fingerprint density at radius 1 is 1.11 bits per heavy atom. The number of carbonyl (C=O) groups excluding carboxylic acids is 3. The Kier molecular flexibility index (Phi) is 6.48. The molecule has 0 bridgehead atoms. The number of para-hydroxylation sites is 2. The number of hydrogen-bond acceptors (Lipinski definition) is 6. The molecule has 3 amide bonds. The smallest absolute Gasteiger partial charge is 0.257 e. The number of imide groups is 1. The molecule has 1 fully saturated rings. The predicted octanol–water partition coefficient (Wildman–Crippen LogP) is 5.08. The fourth-order valence-corrected chi connectivity index (χ4v) is 4.60. The fourth-order valence-electron chi connectivity index (χ4n) is 4.60. The van der Waals surface area contributed by atoms with Gasteiger partial charge in [-0.3, -0.25) is 14.4 Å². The molecule has 5 rings (SSSR count). The van der Waals surface area contributed by atoms with E-state index in [1.54, 1.807) is 48.5 Å². The molecular weight excluding hydrogens is 470 g/mol. The Morgan fingerprint density at radius 3 is 2.57 bits per heavy atom. The quantitative estimate of drug-likeness (QED) is 0.331. The minimum Gasteiger partial charge on any atom is -0.497 e. The lowest BCUT2D eigenvalue weighted by atomic mass is 10.1. The van der Waals surface area contributed by atoms with Crippen LogP contribution in [0, 0.1) is 0 Å². The van der Waals surface area contributed by atoms with Gasteiger partial charge in [-0.2, -0.15) is 0 Å². The molecule has 0 saturated carbocycles. The highest BCUT2D eigenvalue weighted by Crippen LogP contribution is 2.31. The first-order chi connectivity index (χ1) is 17.9. The Hall–Kier alpha value is -4.46. The van der Waals surface area contributed by atoms with Crippen LogP contribution in [0.2, 0.25) is 0 Å². The van der Waals surface area contributed by atoms with Gasteiger partial charge in [0.1, 0.15) is 17.3 Å². The summed E-state index contributed by atoms with van der Waals surface area (Å²) in [4.78, 5) is 47.4. The molecule has 2 atom stereocenters. The number of fused-ring (bicyclic) bond motifs is 1. The van der Waals surface area contributed by atoms with Crippen molar-refractivity contribution in [1.29, 1.82) is 0 Å². The molecule has 0 radical (unpaired) electrons. The van der Waals surface area contributed by atoms with E-state index in [1.807, 2.05) is 38.1 Å². The summed E-state index contributed by atoms with van der Waals surface area (Å²) in [5.74, 6) is -0.0824. The highest BCUT2D eigenvalue weighted by molar-refractivity contribution is 6.23. The molecule has 37 heavy (non-hydrogen) atoms. The average Bonchev–Trinajstić information content (AvgIpc) is 3.49. The first-order valence-electron chi connectivity index (χ1n) is 12.2. The largest absolute Gasteiger partial charge is 0.497 e. The topological polar surface area (TPSA) is 92.9 Å². The number of aromatic nitrogens is 1. The molecule has 2 heterocycles. The summed E-state index contributed by atoms with van der Waals surface area (Å²) < 4.78 is 11.1. The molecule has 0 spiro atoms. The van der Waals surface area contributed by atoms with Gasteiger partial charge in [0.15, 0.2) is 5.58 Å². The Labute approximate surface area is 214 Å². The standard InChI is InChI=1S/C29H27N3O5/c1-4-18(2)31(28(34)20-8-7-9-22(16-20)36-3)24-17-26(33)32(29(24)35)21-14-12-19(13-15-21)27-30-23-10-5-6-11-25(23)37-27/h5-16,18,24H,4,17H2,1-3H3. The number of carbonyl (C=O) groups is 3.